The second kappa shape index (κ2) is 6.08. The van der Waals surface area contributed by atoms with Crippen molar-refractivity contribution in [1.82, 2.24) is 0 Å². The Hall–Kier alpha value is -1.53. The number of aromatic hydroxyl groups is 1. The van der Waals surface area contributed by atoms with Crippen LogP contribution in [0.1, 0.15) is 5.56 Å². The molecule has 0 aromatic heterocycles. The molecule has 1 N–H and O–H groups in total. The predicted octanol–water partition coefficient (Wildman–Crippen LogP) is 4.36. The van der Waals surface area contributed by atoms with E-state index in [1.165, 1.54) is 17.8 Å². The van der Waals surface area contributed by atoms with Gasteiger partial charge in [-0.3, -0.25) is 10.1 Å². The predicted molar refractivity (Wildman–Crippen MR) is 78.5 cm³/mol. The van der Waals surface area contributed by atoms with E-state index in [9.17, 15) is 15.2 Å². The summed E-state index contributed by atoms with van der Waals surface area (Å²) in [5.74, 6) is 0.783. The van der Waals surface area contributed by atoms with Crippen LogP contribution in [0.15, 0.2) is 51.8 Å². The Morgan fingerprint density at radius 1 is 1.26 bits per heavy atom. The van der Waals surface area contributed by atoms with E-state index >= 15 is 0 Å². The zero-order valence-corrected chi connectivity index (χ0v) is 12.1. The normalized spacial score (nSPS) is 10.4. The molecule has 0 unspecified atom stereocenters. The van der Waals surface area contributed by atoms with Gasteiger partial charge in [0.25, 0.3) is 5.69 Å². The lowest BCUT2D eigenvalue weighted by molar-refractivity contribution is -0.385. The largest absolute Gasteiger partial charge is 0.507 e. The van der Waals surface area contributed by atoms with Gasteiger partial charge in [-0.1, -0.05) is 18.2 Å². The molecule has 0 fully saturated rings. The minimum Gasteiger partial charge on any atom is -0.507 e. The van der Waals surface area contributed by atoms with E-state index in [0.717, 1.165) is 10.5 Å². The quantitative estimate of drug-likeness (QED) is 0.510. The van der Waals surface area contributed by atoms with Crippen LogP contribution in [0.4, 0.5) is 5.69 Å². The second-order valence-electron chi connectivity index (χ2n) is 3.80. The molecule has 0 bridgehead atoms. The van der Waals surface area contributed by atoms with E-state index in [4.69, 9.17) is 0 Å². The van der Waals surface area contributed by atoms with Crippen molar-refractivity contribution in [2.75, 3.05) is 0 Å². The number of nitro benzene ring substituents is 1. The number of benzene rings is 2. The van der Waals surface area contributed by atoms with Crippen molar-refractivity contribution in [1.29, 1.82) is 0 Å². The van der Waals surface area contributed by atoms with Crippen molar-refractivity contribution in [2.45, 2.75) is 10.6 Å². The smallest absolute Gasteiger partial charge is 0.283 e. The summed E-state index contributed by atoms with van der Waals surface area (Å²) < 4.78 is 0.466. The first kappa shape index (κ1) is 13.9. The Kier molecular flexibility index (Phi) is 4.44. The van der Waals surface area contributed by atoms with Gasteiger partial charge in [0.1, 0.15) is 5.75 Å². The third-order valence-electron chi connectivity index (χ3n) is 2.47. The van der Waals surface area contributed by atoms with Gasteiger partial charge in [-0.25, -0.2) is 0 Å². The molecule has 2 aromatic carbocycles. The molecule has 0 radical (unpaired) electrons. The summed E-state index contributed by atoms with van der Waals surface area (Å²) in [5.41, 5.74) is 0.888. The lowest BCUT2D eigenvalue weighted by atomic mass is 10.2. The van der Waals surface area contributed by atoms with Gasteiger partial charge in [0.15, 0.2) is 0 Å². The minimum atomic E-state index is -0.418. The maximum absolute atomic E-state index is 10.8. The molecule has 0 heterocycles. The van der Waals surface area contributed by atoms with Crippen LogP contribution in [0.3, 0.4) is 0 Å². The molecule has 98 valence electrons. The van der Waals surface area contributed by atoms with Gasteiger partial charge in [-0.15, -0.1) is 11.8 Å². The van der Waals surface area contributed by atoms with Crippen molar-refractivity contribution in [3.05, 3.63) is 62.6 Å². The summed E-state index contributed by atoms with van der Waals surface area (Å²) in [5, 5.41) is 20.5. The number of phenolic OH excluding ortho intramolecular Hbond substituents is 1. The van der Waals surface area contributed by atoms with Crippen LogP contribution in [0, 0.1) is 10.1 Å². The first-order valence-electron chi connectivity index (χ1n) is 5.41. The Labute approximate surface area is 122 Å². The van der Waals surface area contributed by atoms with Crippen molar-refractivity contribution >= 4 is 33.4 Å². The second-order valence-corrected chi connectivity index (χ2v) is 5.67. The fourth-order valence-corrected chi connectivity index (χ4v) is 2.81. The molecule has 0 aliphatic rings. The molecule has 6 heteroatoms. The molecule has 0 spiro atoms. The van der Waals surface area contributed by atoms with E-state index < -0.39 is 4.92 Å². The fourth-order valence-electron chi connectivity index (χ4n) is 1.53. The summed E-state index contributed by atoms with van der Waals surface area (Å²) in [4.78, 5) is 11.2. The zero-order valence-electron chi connectivity index (χ0n) is 9.75. The summed E-state index contributed by atoms with van der Waals surface area (Å²) in [6.45, 7) is 0. The molecule has 0 saturated heterocycles. The summed E-state index contributed by atoms with van der Waals surface area (Å²) >= 11 is 4.59. The van der Waals surface area contributed by atoms with Crippen molar-refractivity contribution in [3.8, 4) is 5.75 Å². The van der Waals surface area contributed by atoms with E-state index in [2.05, 4.69) is 15.9 Å². The van der Waals surface area contributed by atoms with Crippen LogP contribution >= 0.6 is 27.7 Å². The monoisotopic (exact) mass is 339 g/mol. The average molecular weight is 340 g/mol. The summed E-state index contributed by atoms with van der Waals surface area (Å²) in [6.07, 6.45) is 0. The SMILES string of the molecule is O=[N+]([O-])c1cc(CSc2ccccc2O)ccc1Br. The number of nitro groups is 1. The standard InChI is InChI=1S/C13H10BrNO3S/c14-10-6-5-9(7-11(10)15(17)18)8-19-13-4-2-1-3-12(13)16/h1-7,16H,8H2. The number of rotatable bonds is 4. The van der Waals surface area contributed by atoms with Gasteiger partial charge in [-0.2, -0.15) is 0 Å². The Morgan fingerprint density at radius 2 is 2.00 bits per heavy atom. The molecular formula is C13H10BrNO3S. The first-order chi connectivity index (χ1) is 9.08. The minimum absolute atomic E-state index is 0.0513. The van der Waals surface area contributed by atoms with Crippen LogP contribution in [-0.2, 0) is 5.75 Å². The Morgan fingerprint density at radius 3 is 2.68 bits per heavy atom. The highest BCUT2D eigenvalue weighted by Crippen LogP contribution is 2.32. The van der Waals surface area contributed by atoms with Crippen LogP contribution in [-0.4, -0.2) is 10.0 Å². The maximum Gasteiger partial charge on any atom is 0.283 e. The molecule has 0 aliphatic carbocycles. The molecule has 19 heavy (non-hydrogen) atoms. The van der Waals surface area contributed by atoms with Crippen molar-refractivity contribution in [2.24, 2.45) is 0 Å². The lowest BCUT2D eigenvalue weighted by Gasteiger charge is -2.04. The Bertz CT molecular complexity index is 619. The molecule has 0 amide bonds. The fraction of sp³-hybridized carbons (Fsp3) is 0.0769. The molecular weight excluding hydrogens is 330 g/mol. The van der Waals surface area contributed by atoms with Crippen LogP contribution < -0.4 is 0 Å². The highest BCUT2D eigenvalue weighted by molar-refractivity contribution is 9.10. The third-order valence-corrected chi connectivity index (χ3v) is 4.27. The summed E-state index contributed by atoms with van der Waals surface area (Å²) in [6, 6.07) is 12.1. The summed E-state index contributed by atoms with van der Waals surface area (Å²) in [7, 11) is 0. The van der Waals surface area contributed by atoms with E-state index in [-0.39, 0.29) is 11.4 Å². The number of hydrogen-bond donors (Lipinski definition) is 1. The van der Waals surface area contributed by atoms with E-state index in [1.54, 1.807) is 18.2 Å². The zero-order chi connectivity index (χ0) is 13.8. The number of hydrogen-bond acceptors (Lipinski definition) is 4. The lowest BCUT2D eigenvalue weighted by Crippen LogP contribution is -1.91. The number of para-hydroxylation sites is 1. The van der Waals surface area contributed by atoms with Crippen molar-refractivity contribution in [3.63, 3.8) is 0 Å². The topological polar surface area (TPSA) is 63.4 Å². The number of halogens is 1. The van der Waals surface area contributed by atoms with Crippen LogP contribution in [0.5, 0.6) is 5.75 Å². The molecule has 2 aromatic rings. The average Bonchev–Trinajstić information content (AvgIpc) is 2.39. The Balaban J connectivity index is 2.14. The number of nitrogens with zero attached hydrogens (tertiary/aromatic N) is 1. The van der Waals surface area contributed by atoms with E-state index in [0.29, 0.717) is 10.2 Å². The van der Waals surface area contributed by atoms with Gasteiger partial charge < -0.3 is 5.11 Å². The molecule has 0 saturated carbocycles. The van der Waals surface area contributed by atoms with Crippen LogP contribution in [0.2, 0.25) is 0 Å². The highest BCUT2D eigenvalue weighted by atomic mass is 79.9. The molecule has 4 nitrogen and oxygen atoms in total. The van der Waals surface area contributed by atoms with Gasteiger partial charge >= 0.3 is 0 Å². The number of thioether (sulfide) groups is 1. The molecule has 0 atom stereocenters. The third kappa shape index (κ3) is 3.48. The maximum atomic E-state index is 10.8. The van der Waals surface area contributed by atoms with Crippen LogP contribution in [0.25, 0.3) is 0 Å². The van der Waals surface area contributed by atoms with Gasteiger partial charge in [0.2, 0.25) is 0 Å². The van der Waals surface area contributed by atoms with Gasteiger partial charge in [0, 0.05) is 16.7 Å². The number of phenols is 1. The molecule has 2 rings (SSSR count). The van der Waals surface area contributed by atoms with Crippen molar-refractivity contribution < 1.29 is 10.0 Å². The van der Waals surface area contributed by atoms with Gasteiger partial charge in [0.05, 0.1) is 9.40 Å². The first-order valence-corrected chi connectivity index (χ1v) is 7.19. The van der Waals surface area contributed by atoms with E-state index in [1.807, 2.05) is 18.2 Å². The molecule has 0 aliphatic heterocycles. The highest BCUT2D eigenvalue weighted by Gasteiger charge is 2.12. The van der Waals surface area contributed by atoms with Gasteiger partial charge in [-0.05, 0) is 39.7 Å².